The number of benzene rings is 2. The van der Waals surface area contributed by atoms with Crippen molar-refractivity contribution in [2.75, 3.05) is 26.4 Å². The molecule has 1 aliphatic rings. The Morgan fingerprint density at radius 3 is 2.53 bits per heavy atom. The van der Waals surface area contributed by atoms with Crippen LogP contribution in [-0.2, 0) is 17.9 Å². The predicted molar refractivity (Wildman–Crippen MR) is 133 cm³/mol. The van der Waals surface area contributed by atoms with E-state index in [1.54, 1.807) is 4.90 Å². The van der Waals surface area contributed by atoms with Gasteiger partial charge in [0.05, 0.1) is 12.1 Å². The summed E-state index contributed by atoms with van der Waals surface area (Å²) in [5.74, 6) is 1.41. The van der Waals surface area contributed by atoms with E-state index in [0.29, 0.717) is 36.6 Å². The Bertz CT molecular complexity index is 1250. The van der Waals surface area contributed by atoms with Gasteiger partial charge in [0.15, 0.2) is 11.5 Å². The molecule has 0 fully saturated rings. The van der Waals surface area contributed by atoms with Crippen molar-refractivity contribution >= 4 is 16.8 Å². The van der Waals surface area contributed by atoms with Crippen molar-refractivity contribution in [3.05, 3.63) is 69.0 Å². The first-order valence-electron chi connectivity index (χ1n) is 11.9. The maximum absolute atomic E-state index is 13.3. The number of aromatic amines is 1. The SMILES string of the molecule is CCN(CC)CCC(=O)N(Cc1ccc2c(c1)OCO2)Cc1cc2cc(C)cc(C)c2[nH]c1=O. The molecule has 0 bridgehead atoms. The maximum Gasteiger partial charge on any atom is 0.253 e. The van der Waals surface area contributed by atoms with Crippen molar-refractivity contribution in [3.63, 3.8) is 0 Å². The Kier molecular flexibility index (Phi) is 7.22. The van der Waals surface area contributed by atoms with Crippen molar-refractivity contribution in [1.82, 2.24) is 14.8 Å². The highest BCUT2D eigenvalue weighted by Gasteiger charge is 2.20. The number of nitrogens with one attached hydrogen (secondary N) is 1. The monoisotopic (exact) mass is 463 g/mol. The number of pyridine rings is 1. The highest BCUT2D eigenvalue weighted by atomic mass is 16.7. The molecule has 0 atom stereocenters. The van der Waals surface area contributed by atoms with E-state index in [9.17, 15) is 9.59 Å². The molecule has 7 nitrogen and oxygen atoms in total. The van der Waals surface area contributed by atoms with Crippen molar-refractivity contribution in [2.24, 2.45) is 0 Å². The fourth-order valence-corrected chi connectivity index (χ4v) is 4.50. The molecule has 34 heavy (non-hydrogen) atoms. The average Bonchev–Trinajstić information content (AvgIpc) is 3.28. The van der Waals surface area contributed by atoms with Crippen LogP contribution in [0.1, 0.15) is 42.5 Å². The second kappa shape index (κ2) is 10.3. The lowest BCUT2D eigenvalue weighted by Crippen LogP contribution is -2.35. The lowest BCUT2D eigenvalue weighted by molar-refractivity contribution is -0.132. The lowest BCUT2D eigenvalue weighted by atomic mass is 10.0. The van der Waals surface area contributed by atoms with Gasteiger partial charge in [-0.1, -0.05) is 31.5 Å². The van der Waals surface area contributed by atoms with E-state index >= 15 is 0 Å². The van der Waals surface area contributed by atoms with Gasteiger partial charge in [-0.25, -0.2) is 0 Å². The van der Waals surface area contributed by atoms with E-state index in [2.05, 4.69) is 35.9 Å². The Morgan fingerprint density at radius 2 is 1.76 bits per heavy atom. The fourth-order valence-electron chi connectivity index (χ4n) is 4.50. The summed E-state index contributed by atoms with van der Waals surface area (Å²) in [4.78, 5) is 33.3. The predicted octanol–water partition coefficient (Wildman–Crippen LogP) is 4.13. The van der Waals surface area contributed by atoms with Crippen molar-refractivity contribution in [1.29, 1.82) is 0 Å². The number of nitrogens with zero attached hydrogens (tertiary/aromatic N) is 2. The molecule has 0 unspecified atom stereocenters. The largest absolute Gasteiger partial charge is 0.454 e. The molecular weight excluding hydrogens is 430 g/mol. The van der Waals surface area contributed by atoms with Crippen LogP contribution in [-0.4, -0.2) is 47.1 Å². The van der Waals surface area contributed by atoms with Crippen molar-refractivity contribution < 1.29 is 14.3 Å². The van der Waals surface area contributed by atoms with Crippen LogP contribution in [0.25, 0.3) is 10.9 Å². The van der Waals surface area contributed by atoms with Gasteiger partial charge in [-0.2, -0.15) is 0 Å². The Morgan fingerprint density at radius 1 is 1.00 bits per heavy atom. The summed E-state index contributed by atoms with van der Waals surface area (Å²) >= 11 is 0. The van der Waals surface area contributed by atoms with E-state index in [1.807, 2.05) is 38.1 Å². The molecule has 1 amide bonds. The molecule has 1 aliphatic heterocycles. The number of ether oxygens (including phenoxy) is 2. The molecule has 3 aromatic rings. The number of aromatic nitrogens is 1. The molecule has 180 valence electrons. The van der Waals surface area contributed by atoms with Crippen LogP contribution in [0, 0.1) is 13.8 Å². The van der Waals surface area contributed by atoms with Gasteiger partial charge >= 0.3 is 0 Å². The zero-order valence-electron chi connectivity index (χ0n) is 20.4. The summed E-state index contributed by atoms with van der Waals surface area (Å²) in [6, 6.07) is 11.7. The van der Waals surface area contributed by atoms with Gasteiger partial charge in [0.2, 0.25) is 12.7 Å². The van der Waals surface area contributed by atoms with Gasteiger partial charge in [-0.05, 0) is 67.7 Å². The Labute approximate surface area is 200 Å². The number of aryl methyl sites for hydroxylation is 2. The van der Waals surface area contributed by atoms with E-state index in [1.165, 1.54) is 0 Å². The maximum atomic E-state index is 13.3. The molecule has 0 saturated heterocycles. The van der Waals surface area contributed by atoms with E-state index in [-0.39, 0.29) is 24.8 Å². The summed E-state index contributed by atoms with van der Waals surface area (Å²) in [5, 5.41) is 0.978. The highest BCUT2D eigenvalue weighted by Crippen LogP contribution is 2.33. The minimum absolute atomic E-state index is 0.0180. The summed E-state index contributed by atoms with van der Waals surface area (Å²) < 4.78 is 10.9. The minimum atomic E-state index is -0.160. The van der Waals surface area contributed by atoms with E-state index in [4.69, 9.17) is 9.47 Å². The quantitative estimate of drug-likeness (QED) is 0.516. The fraction of sp³-hybridized carbons (Fsp3) is 0.407. The number of rotatable bonds is 9. The number of carbonyl (C=O) groups excluding carboxylic acids is 1. The smallest absolute Gasteiger partial charge is 0.253 e. The zero-order chi connectivity index (χ0) is 24.2. The molecule has 4 rings (SSSR count). The third kappa shape index (κ3) is 5.25. The van der Waals surface area contributed by atoms with Gasteiger partial charge in [0.1, 0.15) is 0 Å². The van der Waals surface area contributed by atoms with Gasteiger partial charge in [0, 0.05) is 25.1 Å². The topological polar surface area (TPSA) is 74.9 Å². The molecule has 2 heterocycles. The second-order valence-corrected chi connectivity index (χ2v) is 8.88. The highest BCUT2D eigenvalue weighted by molar-refractivity contribution is 5.83. The Balaban J connectivity index is 1.62. The van der Waals surface area contributed by atoms with Crippen LogP contribution >= 0.6 is 0 Å². The van der Waals surface area contributed by atoms with Gasteiger partial charge in [0.25, 0.3) is 5.56 Å². The molecule has 0 spiro atoms. The third-order valence-corrected chi connectivity index (χ3v) is 6.43. The van der Waals surface area contributed by atoms with Gasteiger partial charge in [-0.15, -0.1) is 0 Å². The first-order valence-corrected chi connectivity index (χ1v) is 11.9. The first kappa shape index (κ1) is 23.8. The second-order valence-electron chi connectivity index (χ2n) is 8.88. The third-order valence-electron chi connectivity index (χ3n) is 6.43. The summed E-state index contributed by atoms with van der Waals surface area (Å²) in [7, 11) is 0. The number of carbonyl (C=O) groups is 1. The number of H-pyrrole nitrogens is 1. The number of fused-ring (bicyclic) bond motifs is 2. The van der Waals surface area contributed by atoms with Gasteiger partial charge in [-0.3, -0.25) is 9.59 Å². The molecule has 0 aliphatic carbocycles. The summed E-state index contributed by atoms with van der Waals surface area (Å²) in [6.07, 6.45) is 0.399. The minimum Gasteiger partial charge on any atom is -0.454 e. The number of amides is 1. The number of hydrogen-bond donors (Lipinski definition) is 1. The molecular formula is C27H33N3O4. The van der Waals surface area contributed by atoms with Crippen molar-refractivity contribution in [3.8, 4) is 11.5 Å². The summed E-state index contributed by atoms with van der Waals surface area (Å²) in [5.41, 5.74) is 4.36. The lowest BCUT2D eigenvalue weighted by Gasteiger charge is -2.25. The average molecular weight is 464 g/mol. The van der Waals surface area contributed by atoms with Crippen LogP contribution in [0.4, 0.5) is 0 Å². The Hall–Kier alpha value is -3.32. The molecule has 0 saturated carbocycles. The molecule has 0 radical (unpaired) electrons. The van der Waals surface area contributed by atoms with Crippen LogP contribution in [0.2, 0.25) is 0 Å². The number of hydrogen-bond acceptors (Lipinski definition) is 5. The standard InChI is InChI=1S/C27H33N3O4/c1-5-29(6-2)10-9-25(31)30(15-20-7-8-23-24(13-20)34-17-33-23)16-22-14-21-12-18(3)11-19(4)26(21)28-27(22)32/h7-8,11-14H,5-6,9-10,15-17H2,1-4H3,(H,28,32). The molecule has 1 aromatic heterocycles. The first-order chi connectivity index (χ1) is 16.4. The van der Waals surface area contributed by atoms with Crippen LogP contribution < -0.4 is 15.0 Å². The van der Waals surface area contributed by atoms with Crippen LogP contribution in [0.15, 0.2) is 41.2 Å². The molecule has 2 aromatic carbocycles. The summed E-state index contributed by atoms with van der Waals surface area (Å²) in [6.45, 7) is 11.5. The van der Waals surface area contributed by atoms with E-state index in [0.717, 1.165) is 40.7 Å². The normalized spacial score (nSPS) is 12.5. The molecule has 7 heteroatoms. The van der Waals surface area contributed by atoms with Crippen molar-refractivity contribution in [2.45, 2.75) is 47.2 Å². The van der Waals surface area contributed by atoms with Crippen LogP contribution in [0.3, 0.4) is 0 Å². The zero-order valence-corrected chi connectivity index (χ0v) is 20.4. The van der Waals surface area contributed by atoms with E-state index < -0.39 is 0 Å². The van der Waals surface area contributed by atoms with Gasteiger partial charge < -0.3 is 24.3 Å². The van der Waals surface area contributed by atoms with Crippen LogP contribution in [0.5, 0.6) is 11.5 Å². The molecule has 1 N–H and O–H groups in total.